The molecule has 0 atom stereocenters. The van der Waals surface area contributed by atoms with Gasteiger partial charge in [-0.3, -0.25) is 0 Å². The summed E-state index contributed by atoms with van der Waals surface area (Å²) in [6.45, 7) is 3.30. The first-order valence-electron chi connectivity index (χ1n) is 6.97. The van der Waals surface area contributed by atoms with Crippen molar-refractivity contribution in [3.05, 3.63) is 24.3 Å². The summed E-state index contributed by atoms with van der Waals surface area (Å²) in [5.74, 6) is 0.583. The molecule has 6 nitrogen and oxygen atoms in total. The lowest BCUT2D eigenvalue weighted by Gasteiger charge is -2.09. The van der Waals surface area contributed by atoms with E-state index >= 15 is 0 Å². The Balaban J connectivity index is 2.00. The Hall–Kier alpha value is -1.12. The summed E-state index contributed by atoms with van der Waals surface area (Å²) in [5, 5.41) is 18.1. The first-order valence-corrected chi connectivity index (χ1v) is 6.97. The topological polar surface area (TPSA) is 77.4 Å². The molecule has 0 bridgehead atoms. The van der Waals surface area contributed by atoms with Crippen LogP contribution in [0.15, 0.2) is 24.3 Å². The first-order chi connectivity index (χ1) is 10.2. The van der Waals surface area contributed by atoms with Gasteiger partial charge in [-0.05, 0) is 24.0 Å². The smallest absolute Gasteiger partial charge is 0.488 e. The Morgan fingerprint density at radius 3 is 2.38 bits per heavy atom. The van der Waals surface area contributed by atoms with Crippen LogP contribution >= 0.6 is 0 Å². The fourth-order valence-corrected chi connectivity index (χ4v) is 1.61. The Morgan fingerprint density at radius 1 is 0.952 bits per heavy atom. The van der Waals surface area contributed by atoms with E-state index in [-0.39, 0.29) is 0 Å². The number of benzene rings is 1. The molecule has 7 heteroatoms. The number of hydrogen-bond acceptors (Lipinski definition) is 6. The molecule has 0 aliphatic heterocycles. The highest BCUT2D eigenvalue weighted by Crippen LogP contribution is 2.07. The Kier molecular flexibility index (Phi) is 9.85. The molecule has 0 aliphatic carbocycles. The Morgan fingerprint density at radius 2 is 1.67 bits per heavy atom. The van der Waals surface area contributed by atoms with E-state index in [1.54, 1.807) is 31.4 Å². The van der Waals surface area contributed by atoms with Gasteiger partial charge in [0.15, 0.2) is 0 Å². The molecule has 0 fully saturated rings. The fraction of sp³-hybridized carbons (Fsp3) is 0.571. The molecule has 21 heavy (non-hydrogen) atoms. The molecule has 0 radical (unpaired) electrons. The van der Waals surface area contributed by atoms with Crippen LogP contribution in [-0.2, 0) is 14.2 Å². The predicted octanol–water partition coefficient (Wildman–Crippen LogP) is -0.185. The monoisotopic (exact) mass is 298 g/mol. The predicted molar refractivity (Wildman–Crippen MR) is 79.9 cm³/mol. The summed E-state index contributed by atoms with van der Waals surface area (Å²) in [6, 6.07) is 6.67. The van der Waals surface area contributed by atoms with Crippen molar-refractivity contribution in [1.29, 1.82) is 0 Å². The van der Waals surface area contributed by atoms with Crippen LogP contribution < -0.4 is 10.2 Å². The second kappa shape index (κ2) is 11.5. The van der Waals surface area contributed by atoms with E-state index in [2.05, 4.69) is 0 Å². The van der Waals surface area contributed by atoms with E-state index in [0.29, 0.717) is 50.9 Å². The standard InChI is InChI=1S/C14H23BO6/c1-18-6-3-7-19-8-9-20-10-11-21-14-5-2-4-13(12-14)15(16)17/h2,4-5,12,16-17H,3,6-11H2,1H3. The van der Waals surface area contributed by atoms with Gasteiger partial charge >= 0.3 is 7.12 Å². The zero-order valence-corrected chi connectivity index (χ0v) is 12.4. The number of rotatable bonds is 12. The van der Waals surface area contributed by atoms with Gasteiger partial charge < -0.3 is 29.0 Å². The normalized spacial score (nSPS) is 10.6. The maximum Gasteiger partial charge on any atom is 0.488 e. The van der Waals surface area contributed by atoms with Crippen LogP contribution in [0, 0.1) is 0 Å². The van der Waals surface area contributed by atoms with E-state index in [9.17, 15) is 0 Å². The maximum atomic E-state index is 9.05. The van der Waals surface area contributed by atoms with Gasteiger partial charge in [0.1, 0.15) is 12.4 Å². The van der Waals surface area contributed by atoms with E-state index < -0.39 is 7.12 Å². The van der Waals surface area contributed by atoms with Crippen molar-refractivity contribution in [2.75, 3.05) is 46.8 Å². The zero-order chi connectivity index (χ0) is 15.3. The highest BCUT2D eigenvalue weighted by molar-refractivity contribution is 6.58. The molecule has 0 aliphatic rings. The lowest BCUT2D eigenvalue weighted by atomic mass is 9.80. The average Bonchev–Trinajstić information content (AvgIpc) is 2.49. The molecule has 118 valence electrons. The molecule has 2 N–H and O–H groups in total. The van der Waals surface area contributed by atoms with Crippen molar-refractivity contribution < 1.29 is 29.0 Å². The van der Waals surface area contributed by atoms with E-state index in [4.69, 9.17) is 29.0 Å². The molecule has 0 unspecified atom stereocenters. The number of hydrogen-bond donors (Lipinski definition) is 2. The number of methoxy groups -OCH3 is 1. The summed E-state index contributed by atoms with van der Waals surface area (Å²) in [6.07, 6.45) is 0.882. The van der Waals surface area contributed by atoms with Crippen molar-refractivity contribution in [3.8, 4) is 5.75 Å². The summed E-state index contributed by atoms with van der Waals surface area (Å²) in [4.78, 5) is 0. The number of ether oxygens (including phenoxy) is 4. The van der Waals surface area contributed by atoms with Crippen LogP contribution in [0.4, 0.5) is 0 Å². The minimum atomic E-state index is -1.49. The lowest BCUT2D eigenvalue weighted by Crippen LogP contribution is -2.29. The summed E-state index contributed by atoms with van der Waals surface area (Å²) in [5.41, 5.74) is 0.401. The fourth-order valence-electron chi connectivity index (χ4n) is 1.61. The van der Waals surface area contributed by atoms with Crippen LogP contribution in [0.1, 0.15) is 6.42 Å². The molecule has 1 rings (SSSR count). The molecule has 0 amide bonds. The van der Waals surface area contributed by atoms with Crippen molar-refractivity contribution in [3.63, 3.8) is 0 Å². The van der Waals surface area contributed by atoms with E-state index in [1.165, 1.54) is 0 Å². The zero-order valence-electron chi connectivity index (χ0n) is 12.4. The highest BCUT2D eigenvalue weighted by Gasteiger charge is 2.10. The molecule has 0 aromatic heterocycles. The van der Waals surface area contributed by atoms with Gasteiger partial charge in [0, 0.05) is 20.3 Å². The van der Waals surface area contributed by atoms with E-state index in [1.807, 2.05) is 0 Å². The van der Waals surface area contributed by atoms with Crippen LogP contribution in [-0.4, -0.2) is 63.9 Å². The van der Waals surface area contributed by atoms with E-state index in [0.717, 1.165) is 6.42 Å². The van der Waals surface area contributed by atoms with Crippen molar-refractivity contribution >= 4 is 12.6 Å². The third-order valence-electron chi connectivity index (χ3n) is 2.66. The first kappa shape index (κ1) is 17.9. The Bertz CT molecular complexity index is 374. The second-order valence-electron chi connectivity index (χ2n) is 4.37. The molecule has 0 saturated carbocycles. The second-order valence-corrected chi connectivity index (χ2v) is 4.37. The van der Waals surface area contributed by atoms with Gasteiger partial charge in [0.25, 0.3) is 0 Å². The van der Waals surface area contributed by atoms with Crippen LogP contribution in [0.3, 0.4) is 0 Å². The van der Waals surface area contributed by atoms with Crippen LogP contribution in [0.2, 0.25) is 0 Å². The van der Waals surface area contributed by atoms with Gasteiger partial charge in [-0.25, -0.2) is 0 Å². The minimum Gasteiger partial charge on any atom is -0.491 e. The van der Waals surface area contributed by atoms with Crippen molar-refractivity contribution in [2.24, 2.45) is 0 Å². The summed E-state index contributed by atoms with van der Waals surface area (Å²) < 4.78 is 21.1. The average molecular weight is 298 g/mol. The molecule has 1 aromatic rings. The minimum absolute atomic E-state index is 0.397. The van der Waals surface area contributed by atoms with Gasteiger partial charge in [0.2, 0.25) is 0 Å². The molecule has 1 aromatic carbocycles. The van der Waals surface area contributed by atoms with Gasteiger partial charge in [-0.2, -0.15) is 0 Å². The van der Waals surface area contributed by atoms with Gasteiger partial charge in [-0.1, -0.05) is 12.1 Å². The molecule has 0 heterocycles. The Labute approximate surface area is 125 Å². The lowest BCUT2D eigenvalue weighted by molar-refractivity contribution is 0.0304. The summed E-state index contributed by atoms with van der Waals surface area (Å²) in [7, 11) is 0.181. The third kappa shape index (κ3) is 8.69. The SMILES string of the molecule is COCCCOCCOCCOc1cccc(B(O)O)c1. The van der Waals surface area contributed by atoms with Gasteiger partial charge in [0.05, 0.1) is 19.8 Å². The highest BCUT2D eigenvalue weighted by atomic mass is 16.5. The molecular formula is C14H23BO6. The molecule has 0 spiro atoms. The van der Waals surface area contributed by atoms with Crippen molar-refractivity contribution in [1.82, 2.24) is 0 Å². The molecular weight excluding hydrogens is 275 g/mol. The largest absolute Gasteiger partial charge is 0.491 e. The third-order valence-corrected chi connectivity index (χ3v) is 2.66. The molecule has 0 saturated heterocycles. The van der Waals surface area contributed by atoms with Crippen LogP contribution in [0.25, 0.3) is 0 Å². The van der Waals surface area contributed by atoms with Crippen molar-refractivity contribution in [2.45, 2.75) is 6.42 Å². The van der Waals surface area contributed by atoms with Gasteiger partial charge in [-0.15, -0.1) is 0 Å². The maximum absolute atomic E-state index is 9.05. The van der Waals surface area contributed by atoms with Crippen LogP contribution in [0.5, 0.6) is 5.75 Å². The quantitative estimate of drug-likeness (QED) is 0.411. The summed E-state index contributed by atoms with van der Waals surface area (Å²) >= 11 is 0.